The summed E-state index contributed by atoms with van der Waals surface area (Å²) in [7, 11) is 0. The van der Waals surface area contributed by atoms with Crippen molar-refractivity contribution in [3.63, 3.8) is 0 Å². The molecule has 0 saturated heterocycles. The maximum absolute atomic E-state index is 12.2. The Morgan fingerprint density at radius 1 is 1.37 bits per heavy atom. The van der Waals surface area contributed by atoms with Crippen molar-refractivity contribution in [1.82, 2.24) is 4.98 Å². The van der Waals surface area contributed by atoms with E-state index in [2.05, 4.69) is 26.2 Å². The molecule has 1 N–H and O–H groups in total. The Hall–Kier alpha value is -1.39. The van der Waals surface area contributed by atoms with Crippen LogP contribution in [-0.4, -0.2) is 10.9 Å². The van der Waals surface area contributed by atoms with Crippen LogP contribution in [0.3, 0.4) is 0 Å². The van der Waals surface area contributed by atoms with Crippen LogP contribution in [0.15, 0.2) is 34.9 Å². The molecule has 0 spiro atoms. The molecule has 5 heteroatoms. The first-order valence-corrected chi connectivity index (χ1v) is 6.84. The zero-order valence-electron chi connectivity index (χ0n) is 10.5. The zero-order valence-corrected chi connectivity index (χ0v) is 12.8. The molecule has 0 saturated carbocycles. The van der Waals surface area contributed by atoms with Crippen molar-refractivity contribution in [3.05, 3.63) is 56.8 Å². The largest absolute Gasteiger partial charge is 0.321 e. The highest BCUT2D eigenvalue weighted by Crippen LogP contribution is 2.23. The van der Waals surface area contributed by atoms with E-state index in [0.717, 1.165) is 11.1 Å². The second kappa shape index (κ2) is 5.72. The maximum atomic E-state index is 12.2. The van der Waals surface area contributed by atoms with E-state index in [9.17, 15) is 4.79 Å². The van der Waals surface area contributed by atoms with E-state index in [4.69, 9.17) is 11.6 Å². The highest BCUT2D eigenvalue weighted by molar-refractivity contribution is 9.10. The standard InChI is InChI=1S/C14H12BrClN2O/c1-8-4-3-5-11(9(8)2)14(19)18-10-6-12(15)13(16)17-7-10/h3-7H,1-2H3,(H,18,19). The predicted octanol–water partition coefficient (Wildman–Crippen LogP) is 4.37. The smallest absolute Gasteiger partial charge is 0.255 e. The zero-order chi connectivity index (χ0) is 14.0. The lowest BCUT2D eigenvalue weighted by molar-refractivity contribution is 0.102. The molecule has 1 heterocycles. The summed E-state index contributed by atoms with van der Waals surface area (Å²) in [6, 6.07) is 7.37. The van der Waals surface area contributed by atoms with Crippen molar-refractivity contribution in [3.8, 4) is 0 Å². The molecule has 0 aliphatic rings. The molecule has 0 atom stereocenters. The summed E-state index contributed by atoms with van der Waals surface area (Å²) in [6.07, 6.45) is 1.52. The van der Waals surface area contributed by atoms with E-state index in [-0.39, 0.29) is 5.91 Å². The molecule has 0 radical (unpaired) electrons. The van der Waals surface area contributed by atoms with Gasteiger partial charge in [-0.2, -0.15) is 0 Å². The van der Waals surface area contributed by atoms with Gasteiger partial charge in [0.25, 0.3) is 5.91 Å². The molecule has 98 valence electrons. The topological polar surface area (TPSA) is 42.0 Å². The molecule has 19 heavy (non-hydrogen) atoms. The lowest BCUT2D eigenvalue weighted by Gasteiger charge is -2.09. The Bertz CT molecular complexity index is 643. The van der Waals surface area contributed by atoms with Crippen LogP contribution in [0.5, 0.6) is 0 Å². The summed E-state index contributed by atoms with van der Waals surface area (Å²) in [4.78, 5) is 16.2. The lowest BCUT2D eigenvalue weighted by atomic mass is 10.0. The normalized spacial score (nSPS) is 10.3. The number of pyridine rings is 1. The van der Waals surface area contributed by atoms with Crippen LogP contribution in [0.4, 0.5) is 5.69 Å². The van der Waals surface area contributed by atoms with Gasteiger partial charge < -0.3 is 5.32 Å². The summed E-state index contributed by atoms with van der Waals surface area (Å²) in [6.45, 7) is 3.91. The molecule has 0 aliphatic carbocycles. The van der Waals surface area contributed by atoms with Gasteiger partial charge in [0, 0.05) is 5.56 Å². The Morgan fingerprint density at radius 2 is 2.11 bits per heavy atom. The third-order valence-electron chi connectivity index (χ3n) is 2.90. The van der Waals surface area contributed by atoms with Crippen molar-refractivity contribution >= 4 is 39.1 Å². The Kier molecular flexibility index (Phi) is 4.22. The van der Waals surface area contributed by atoms with Crippen LogP contribution in [0.25, 0.3) is 0 Å². The number of halogens is 2. The number of rotatable bonds is 2. The summed E-state index contributed by atoms with van der Waals surface area (Å²) in [5.41, 5.74) is 3.32. The molecular weight excluding hydrogens is 328 g/mol. The monoisotopic (exact) mass is 338 g/mol. The van der Waals surface area contributed by atoms with Crippen molar-refractivity contribution < 1.29 is 4.79 Å². The number of aromatic nitrogens is 1. The summed E-state index contributed by atoms with van der Waals surface area (Å²) in [5, 5.41) is 3.17. The first kappa shape index (κ1) is 14.0. The van der Waals surface area contributed by atoms with Gasteiger partial charge in [0.1, 0.15) is 5.15 Å². The number of benzene rings is 1. The fourth-order valence-corrected chi connectivity index (χ4v) is 2.14. The number of nitrogens with zero attached hydrogens (tertiary/aromatic N) is 1. The van der Waals surface area contributed by atoms with Gasteiger partial charge in [0.15, 0.2) is 0 Å². The van der Waals surface area contributed by atoms with Crippen molar-refractivity contribution in [2.45, 2.75) is 13.8 Å². The number of nitrogens with one attached hydrogen (secondary N) is 1. The number of anilines is 1. The van der Waals surface area contributed by atoms with Crippen LogP contribution in [0, 0.1) is 13.8 Å². The Balaban J connectivity index is 2.26. The van der Waals surface area contributed by atoms with E-state index in [0.29, 0.717) is 20.9 Å². The molecule has 2 aromatic rings. The van der Waals surface area contributed by atoms with Crippen LogP contribution in [0.2, 0.25) is 5.15 Å². The Labute approximate surface area is 125 Å². The molecule has 0 fully saturated rings. The second-order valence-electron chi connectivity index (χ2n) is 4.20. The van der Waals surface area contributed by atoms with Crippen LogP contribution in [0.1, 0.15) is 21.5 Å². The molecule has 1 aromatic heterocycles. The molecule has 0 unspecified atom stereocenters. The van der Waals surface area contributed by atoms with Gasteiger partial charge in [-0.1, -0.05) is 23.7 Å². The van der Waals surface area contributed by atoms with Crippen LogP contribution >= 0.6 is 27.5 Å². The predicted molar refractivity (Wildman–Crippen MR) is 80.8 cm³/mol. The number of carbonyl (C=O) groups is 1. The average molecular weight is 340 g/mol. The SMILES string of the molecule is Cc1cccc(C(=O)Nc2cnc(Cl)c(Br)c2)c1C. The minimum Gasteiger partial charge on any atom is -0.321 e. The molecule has 1 amide bonds. The summed E-state index contributed by atoms with van der Waals surface area (Å²) < 4.78 is 0.646. The fourth-order valence-electron chi connectivity index (χ4n) is 1.69. The molecule has 0 aliphatic heterocycles. The quantitative estimate of drug-likeness (QED) is 0.826. The van der Waals surface area contributed by atoms with Gasteiger partial charge in [-0.25, -0.2) is 4.98 Å². The summed E-state index contributed by atoms with van der Waals surface area (Å²) in [5.74, 6) is -0.155. The molecule has 1 aromatic carbocycles. The number of hydrogen-bond acceptors (Lipinski definition) is 2. The van der Waals surface area contributed by atoms with Crippen molar-refractivity contribution in [2.24, 2.45) is 0 Å². The number of aryl methyl sites for hydroxylation is 1. The molecule has 2 rings (SSSR count). The van der Waals surface area contributed by atoms with E-state index >= 15 is 0 Å². The molecular formula is C14H12BrClN2O. The first-order valence-electron chi connectivity index (χ1n) is 5.67. The number of hydrogen-bond donors (Lipinski definition) is 1. The van der Waals surface area contributed by atoms with Crippen molar-refractivity contribution in [1.29, 1.82) is 0 Å². The highest BCUT2D eigenvalue weighted by Gasteiger charge is 2.11. The van der Waals surface area contributed by atoms with Crippen LogP contribution in [-0.2, 0) is 0 Å². The number of amides is 1. The van der Waals surface area contributed by atoms with Gasteiger partial charge in [-0.3, -0.25) is 4.79 Å². The second-order valence-corrected chi connectivity index (χ2v) is 5.41. The van der Waals surface area contributed by atoms with E-state index in [1.54, 1.807) is 12.1 Å². The lowest BCUT2D eigenvalue weighted by Crippen LogP contribution is -2.14. The minimum absolute atomic E-state index is 0.155. The van der Waals surface area contributed by atoms with Gasteiger partial charge in [-0.05, 0) is 53.0 Å². The maximum Gasteiger partial charge on any atom is 0.255 e. The first-order chi connectivity index (χ1) is 8.99. The van der Waals surface area contributed by atoms with Gasteiger partial charge in [0.05, 0.1) is 16.4 Å². The highest BCUT2D eigenvalue weighted by atomic mass is 79.9. The third-order valence-corrected chi connectivity index (χ3v) is 4.04. The van der Waals surface area contributed by atoms with Gasteiger partial charge in [-0.15, -0.1) is 0 Å². The number of carbonyl (C=O) groups excluding carboxylic acids is 1. The van der Waals surface area contributed by atoms with E-state index < -0.39 is 0 Å². The van der Waals surface area contributed by atoms with E-state index in [1.807, 2.05) is 26.0 Å². The van der Waals surface area contributed by atoms with Crippen molar-refractivity contribution in [2.75, 3.05) is 5.32 Å². The van der Waals surface area contributed by atoms with E-state index in [1.165, 1.54) is 6.20 Å². The third kappa shape index (κ3) is 3.14. The Morgan fingerprint density at radius 3 is 2.79 bits per heavy atom. The fraction of sp³-hybridized carbons (Fsp3) is 0.143. The van der Waals surface area contributed by atoms with Gasteiger partial charge >= 0.3 is 0 Å². The molecule has 0 bridgehead atoms. The van der Waals surface area contributed by atoms with Gasteiger partial charge in [0.2, 0.25) is 0 Å². The van der Waals surface area contributed by atoms with Crippen LogP contribution < -0.4 is 5.32 Å². The average Bonchev–Trinajstić information content (AvgIpc) is 2.37. The summed E-state index contributed by atoms with van der Waals surface area (Å²) >= 11 is 9.08. The molecule has 3 nitrogen and oxygen atoms in total. The minimum atomic E-state index is -0.155.